The molecular formula is C13H17NO3. The Morgan fingerprint density at radius 1 is 1.53 bits per heavy atom. The van der Waals surface area contributed by atoms with E-state index in [2.05, 4.69) is 30.1 Å². The third-order valence-electron chi connectivity index (χ3n) is 2.39. The van der Waals surface area contributed by atoms with Crippen molar-refractivity contribution < 1.29 is 14.3 Å². The quantitative estimate of drug-likeness (QED) is 0.426. The molecule has 0 aliphatic carbocycles. The molecule has 4 heteroatoms. The molecule has 17 heavy (non-hydrogen) atoms. The van der Waals surface area contributed by atoms with Crippen LogP contribution in [0.2, 0.25) is 0 Å². The zero-order valence-corrected chi connectivity index (χ0v) is 10.1. The molecule has 0 aromatic carbocycles. The molecule has 1 aliphatic heterocycles. The number of rotatable bonds is 4. The molecular weight excluding hydrogens is 218 g/mol. The molecule has 1 saturated heterocycles. The van der Waals surface area contributed by atoms with Crippen LogP contribution in [0.4, 0.5) is 4.79 Å². The first-order valence-corrected chi connectivity index (χ1v) is 5.79. The van der Waals surface area contributed by atoms with E-state index in [1.54, 1.807) is 0 Å². The van der Waals surface area contributed by atoms with Crippen LogP contribution < -0.4 is 0 Å². The van der Waals surface area contributed by atoms with Gasteiger partial charge in [-0.05, 0) is 6.42 Å². The number of imide groups is 1. The van der Waals surface area contributed by atoms with Crippen molar-refractivity contribution in [3.63, 3.8) is 0 Å². The minimum atomic E-state index is -0.588. The highest BCUT2D eigenvalue weighted by molar-refractivity contribution is 6.02. The van der Waals surface area contributed by atoms with Gasteiger partial charge in [0.15, 0.2) is 0 Å². The van der Waals surface area contributed by atoms with Gasteiger partial charge >= 0.3 is 6.09 Å². The highest BCUT2D eigenvalue weighted by Gasteiger charge is 2.29. The zero-order valence-electron chi connectivity index (χ0n) is 10.1. The van der Waals surface area contributed by atoms with Crippen molar-refractivity contribution in [3.05, 3.63) is 12.2 Å². The summed E-state index contributed by atoms with van der Waals surface area (Å²) < 4.78 is 4.68. The van der Waals surface area contributed by atoms with E-state index in [0.717, 1.165) is 24.2 Å². The summed E-state index contributed by atoms with van der Waals surface area (Å²) in [7, 11) is 0. The molecule has 0 atom stereocenters. The van der Waals surface area contributed by atoms with Crippen molar-refractivity contribution >= 4 is 12.0 Å². The highest BCUT2D eigenvalue weighted by atomic mass is 16.6. The molecule has 0 N–H and O–H groups in total. The van der Waals surface area contributed by atoms with Crippen LogP contribution in [-0.2, 0) is 9.53 Å². The number of amides is 2. The van der Waals surface area contributed by atoms with Crippen LogP contribution in [-0.4, -0.2) is 30.1 Å². The summed E-state index contributed by atoms with van der Waals surface area (Å²) in [6, 6.07) is 0. The van der Waals surface area contributed by atoms with Crippen LogP contribution in [0.1, 0.15) is 32.6 Å². The Morgan fingerprint density at radius 2 is 2.29 bits per heavy atom. The summed E-state index contributed by atoms with van der Waals surface area (Å²) in [5, 5.41) is 0. The summed E-state index contributed by atoms with van der Waals surface area (Å²) >= 11 is 0. The predicted molar refractivity (Wildman–Crippen MR) is 64.1 cm³/mol. The lowest BCUT2D eigenvalue weighted by Gasteiger charge is -2.10. The van der Waals surface area contributed by atoms with Crippen LogP contribution in [0.3, 0.4) is 0 Å². The Morgan fingerprint density at radius 3 is 2.88 bits per heavy atom. The van der Waals surface area contributed by atoms with Crippen molar-refractivity contribution in [2.24, 2.45) is 0 Å². The number of cyclic esters (lactones) is 1. The summed E-state index contributed by atoms with van der Waals surface area (Å²) in [4.78, 5) is 23.9. The molecule has 2 amide bonds. The maximum atomic E-state index is 11.7. The Hall–Kier alpha value is -1.76. The minimum Gasteiger partial charge on any atom is -0.447 e. The minimum absolute atomic E-state index is 0.264. The normalized spacial score (nSPS) is 13.9. The SMILES string of the molecule is C=C(CC#CCCCC)C(=O)N1CCOC1=O. The van der Waals surface area contributed by atoms with E-state index in [1.807, 2.05) is 0 Å². The van der Waals surface area contributed by atoms with Crippen molar-refractivity contribution in [3.8, 4) is 11.8 Å². The van der Waals surface area contributed by atoms with Crippen LogP contribution in [0.5, 0.6) is 0 Å². The van der Waals surface area contributed by atoms with Crippen LogP contribution in [0.15, 0.2) is 12.2 Å². The number of hydrogen-bond acceptors (Lipinski definition) is 3. The second kappa shape index (κ2) is 6.74. The lowest BCUT2D eigenvalue weighted by atomic mass is 10.2. The molecule has 1 aliphatic rings. The molecule has 1 fully saturated rings. The predicted octanol–water partition coefficient (Wildman–Crippen LogP) is 2.11. The van der Waals surface area contributed by atoms with Crippen LogP contribution in [0, 0.1) is 11.8 Å². The van der Waals surface area contributed by atoms with E-state index in [-0.39, 0.29) is 12.5 Å². The molecule has 1 heterocycles. The maximum absolute atomic E-state index is 11.7. The number of carbonyl (C=O) groups is 2. The fourth-order valence-electron chi connectivity index (χ4n) is 1.37. The molecule has 92 valence electrons. The highest BCUT2D eigenvalue weighted by Crippen LogP contribution is 2.10. The smallest absolute Gasteiger partial charge is 0.416 e. The second-order valence-electron chi connectivity index (χ2n) is 3.81. The summed E-state index contributed by atoms with van der Waals surface area (Å²) in [5.74, 6) is 5.49. The summed E-state index contributed by atoms with van der Waals surface area (Å²) in [6.07, 6.45) is 2.73. The lowest BCUT2D eigenvalue weighted by Crippen LogP contribution is -2.32. The van der Waals surface area contributed by atoms with Gasteiger partial charge in [0, 0.05) is 18.4 Å². The largest absolute Gasteiger partial charge is 0.447 e. The van der Waals surface area contributed by atoms with E-state index in [4.69, 9.17) is 0 Å². The Kier molecular flexibility index (Phi) is 5.28. The van der Waals surface area contributed by atoms with Crippen LogP contribution >= 0.6 is 0 Å². The third-order valence-corrected chi connectivity index (χ3v) is 2.39. The van der Waals surface area contributed by atoms with Gasteiger partial charge in [-0.3, -0.25) is 4.79 Å². The van der Waals surface area contributed by atoms with Gasteiger partial charge in [0.2, 0.25) is 0 Å². The Balaban J connectivity index is 2.38. The Labute approximate surface area is 102 Å². The first-order valence-electron chi connectivity index (χ1n) is 5.79. The lowest BCUT2D eigenvalue weighted by molar-refractivity contribution is -0.123. The van der Waals surface area contributed by atoms with Gasteiger partial charge in [0.1, 0.15) is 6.61 Å². The molecule has 0 saturated carbocycles. The van der Waals surface area contributed by atoms with Gasteiger partial charge in [-0.1, -0.05) is 25.8 Å². The van der Waals surface area contributed by atoms with E-state index < -0.39 is 6.09 Å². The fourth-order valence-corrected chi connectivity index (χ4v) is 1.37. The first-order chi connectivity index (χ1) is 8.16. The van der Waals surface area contributed by atoms with Crippen molar-refractivity contribution in [1.29, 1.82) is 0 Å². The molecule has 0 unspecified atom stereocenters. The van der Waals surface area contributed by atoms with E-state index in [9.17, 15) is 9.59 Å². The van der Waals surface area contributed by atoms with Gasteiger partial charge in [-0.25, -0.2) is 9.69 Å². The van der Waals surface area contributed by atoms with Gasteiger partial charge in [-0.15, -0.1) is 5.92 Å². The van der Waals surface area contributed by atoms with Gasteiger partial charge < -0.3 is 4.74 Å². The molecule has 4 nitrogen and oxygen atoms in total. The average Bonchev–Trinajstić information content (AvgIpc) is 2.74. The number of hydrogen-bond donors (Lipinski definition) is 0. The number of unbranched alkanes of at least 4 members (excludes halogenated alkanes) is 2. The van der Waals surface area contributed by atoms with E-state index in [1.165, 1.54) is 0 Å². The second-order valence-corrected chi connectivity index (χ2v) is 3.81. The first kappa shape index (κ1) is 13.3. The van der Waals surface area contributed by atoms with Crippen molar-refractivity contribution in [1.82, 2.24) is 4.90 Å². The standard InChI is InChI=1S/C13H17NO3/c1-3-4-5-6-7-8-11(2)12(15)14-9-10-17-13(14)16/h2-5,8-10H2,1H3. The molecule has 0 spiro atoms. The van der Waals surface area contributed by atoms with Gasteiger partial charge in [0.25, 0.3) is 5.91 Å². The summed E-state index contributed by atoms with van der Waals surface area (Å²) in [6.45, 7) is 6.32. The van der Waals surface area contributed by atoms with E-state index >= 15 is 0 Å². The monoisotopic (exact) mass is 235 g/mol. The third kappa shape index (κ3) is 3.95. The maximum Gasteiger partial charge on any atom is 0.416 e. The zero-order chi connectivity index (χ0) is 12.7. The van der Waals surface area contributed by atoms with Crippen LogP contribution in [0.25, 0.3) is 0 Å². The van der Waals surface area contributed by atoms with Gasteiger partial charge in [-0.2, -0.15) is 0 Å². The fraction of sp³-hybridized carbons (Fsp3) is 0.538. The molecule has 0 aromatic heterocycles. The van der Waals surface area contributed by atoms with E-state index in [0.29, 0.717) is 18.5 Å². The average molecular weight is 235 g/mol. The molecule has 1 rings (SSSR count). The number of carbonyl (C=O) groups excluding carboxylic acids is 2. The van der Waals surface area contributed by atoms with Crippen molar-refractivity contribution in [2.45, 2.75) is 32.6 Å². The summed E-state index contributed by atoms with van der Waals surface area (Å²) in [5.41, 5.74) is 0.341. The number of nitrogens with zero attached hydrogens (tertiary/aromatic N) is 1. The molecule has 0 radical (unpaired) electrons. The molecule has 0 aromatic rings. The Bertz CT molecular complexity index is 376. The molecule has 0 bridgehead atoms. The number of ether oxygens (including phenoxy) is 1. The van der Waals surface area contributed by atoms with Gasteiger partial charge in [0.05, 0.1) is 6.54 Å². The topological polar surface area (TPSA) is 46.6 Å². The van der Waals surface area contributed by atoms with Crippen molar-refractivity contribution in [2.75, 3.05) is 13.2 Å².